The number of rotatable bonds is 3. The number of nitrogens with zero attached hydrogens (tertiary/aromatic N) is 3. The van der Waals surface area contributed by atoms with Gasteiger partial charge in [-0.05, 0) is 12.8 Å². The number of amides is 1. The van der Waals surface area contributed by atoms with Crippen LogP contribution in [0.2, 0.25) is 5.02 Å². The van der Waals surface area contributed by atoms with E-state index in [-0.39, 0.29) is 23.4 Å². The van der Waals surface area contributed by atoms with Crippen molar-refractivity contribution in [3.8, 4) is 0 Å². The third-order valence-electron chi connectivity index (χ3n) is 3.81. The van der Waals surface area contributed by atoms with Crippen molar-refractivity contribution in [1.82, 2.24) is 14.7 Å². The first-order valence-electron chi connectivity index (χ1n) is 7.07. The van der Waals surface area contributed by atoms with Crippen LogP contribution in [0.1, 0.15) is 30.1 Å². The topological polar surface area (TPSA) is 47.4 Å². The minimum atomic E-state index is -4.62. The monoisotopic (exact) mass is 337 g/mol. The Morgan fingerprint density at radius 3 is 2.50 bits per heavy atom. The van der Waals surface area contributed by atoms with Crippen LogP contribution in [0.15, 0.2) is 0 Å². The molecule has 1 aliphatic heterocycles. The summed E-state index contributed by atoms with van der Waals surface area (Å²) < 4.78 is 45.1. The summed E-state index contributed by atoms with van der Waals surface area (Å²) in [5.41, 5.74) is -0.776. The number of aromatic nitrogens is 2. The van der Waals surface area contributed by atoms with Crippen molar-refractivity contribution in [3.63, 3.8) is 0 Å². The predicted octanol–water partition coefficient (Wildman–Crippen LogP) is 2.29. The molecule has 1 aromatic rings. The van der Waals surface area contributed by atoms with E-state index in [4.69, 9.17) is 16.3 Å². The fourth-order valence-corrected chi connectivity index (χ4v) is 2.94. The minimum Gasteiger partial charge on any atom is -0.378 e. The van der Waals surface area contributed by atoms with E-state index in [1.54, 1.807) is 4.90 Å². The van der Waals surface area contributed by atoms with E-state index in [2.05, 4.69) is 5.10 Å². The Labute approximate surface area is 130 Å². The van der Waals surface area contributed by atoms with Crippen LogP contribution in [0.4, 0.5) is 13.2 Å². The van der Waals surface area contributed by atoms with Gasteiger partial charge in [0.15, 0.2) is 5.69 Å². The normalized spacial score (nSPS) is 19.5. The first-order chi connectivity index (χ1) is 10.4. The van der Waals surface area contributed by atoms with Crippen LogP contribution in [0.3, 0.4) is 0 Å². The molecule has 0 atom stereocenters. The average molecular weight is 338 g/mol. The highest BCUT2D eigenvalue weighted by Crippen LogP contribution is 2.46. The molecule has 0 unspecified atom stereocenters. The first-order valence-corrected chi connectivity index (χ1v) is 7.44. The number of halogens is 4. The lowest BCUT2D eigenvalue weighted by Crippen LogP contribution is -2.42. The van der Waals surface area contributed by atoms with Crippen LogP contribution in [-0.4, -0.2) is 46.9 Å². The number of hydrogen-bond acceptors (Lipinski definition) is 3. The Hall–Kier alpha value is -1.28. The van der Waals surface area contributed by atoms with Crippen LogP contribution < -0.4 is 0 Å². The lowest BCUT2D eigenvalue weighted by atomic mass is 10.2. The summed E-state index contributed by atoms with van der Waals surface area (Å²) in [6.45, 7) is 1.54. The molecule has 1 aromatic heterocycles. The van der Waals surface area contributed by atoms with Gasteiger partial charge in [0.25, 0.3) is 0 Å². The third-order valence-corrected chi connectivity index (χ3v) is 4.19. The number of alkyl halides is 3. The van der Waals surface area contributed by atoms with Crippen LogP contribution in [0, 0.1) is 0 Å². The smallest absolute Gasteiger partial charge is 0.378 e. The summed E-state index contributed by atoms with van der Waals surface area (Å²) in [6.07, 6.45) is -3.07. The number of carbonyl (C=O) groups excluding carboxylic acids is 1. The average Bonchev–Trinajstić information content (AvgIpc) is 3.23. The summed E-state index contributed by atoms with van der Waals surface area (Å²) in [7, 11) is 0. The second-order valence-corrected chi connectivity index (χ2v) is 5.85. The Morgan fingerprint density at radius 1 is 1.32 bits per heavy atom. The Morgan fingerprint density at radius 2 is 1.95 bits per heavy atom. The van der Waals surface area contributed by atoms with Gasteiger partial charge in [-0.2, -0.15) is 18.3 Å². The van der Waals surface area contributed by atoms with Crippen molar-refractivity contribution in [1.29, 1.82) is 0 Å². The van der Waals surface area contributed by atoms with Crippen molar-refractivity contribution in [2.45, 2.75) is 31.5 Å². The zero-order chi connectivity index (χ0) is 15.9. The van der Waals surface area contributed by atoms with E-state index < -0.39 is 11.9 Å². The van der Waals surface area contributed by atoms with Crippen LogP contribution in [-0.2, 0) is 22.3 Å². The maximum absolute atomic E-state index is 12.9. The van der Waals surface area contributed by atoms with Crippen molar-refractivity contribution in [2.75, 3.05) is 26.3 Å². The van der Waals surface area contributed by atoms with E-state index in [1.165, 1.54) is 0 Å². The molecule has 2 heterocycles. The third kappa shape index (κ3) is 3.08. The summed E-state index contributed by atoms with van der Waals surface area (Å²) in [5.74, 6) is -0.299. The van der Waals surface area contributed by atoms with E-state index in [0.717, 1.165) is 17.5 Å². The second kappa shape index (κ2) is 5.73. The molecular formula is C13H15ClF3N3O2. The van der Waals surface area contributed by atoms with Crippen LogP contribution in [0.5, 0.6) is 0 Å². The molecule has 0 bridgehead atoms. The fourth-order valence-electron chi connectivity index (χ4n) is 2.54. The molecule has 2 fully saturated rings. The lowest BCUT2D eigenvalue weighted by Gasteiger charge is -2.27. The molecule has 1 amide bonds. The fraction of sp³-hybridized carbons (Fsp3) is 0.692. The van der Waals surface area contributed by atoms with Crippen molar-refractivity contribution < 1.29 is 22.7 Å². The maximum atomic E-state index is 12.9. The van der Waals surface area contributed by atoms with Gasteiger partial charge >= 0.3 is 6.18 Å². The van der Waals surface area contributed by atoms with Gasteiger partial charge < -0.3 is 9.64 Å². The number of carbonyl (C=O) groups is 1. The number of morpholine rings is 1. The molecule has 122 valence electrons. The molecule has 2 aliphatic rings. The van der Waals surface area contributed by atoms with Crippen LogP contribution >= 0.6 is 11.6 Å². The lowest BCUT2D eigenvalue weighted by molar-refractivity contribution is -0.142. The molecule has 3 rings (SSSR count). The van der Waals surface area contributed by atoms with Gasteiger partial charge in [0.1, 0.15) is 6.54 Å². The maximum Gasteiger partial charge on any atom is 0.436 e. The van der Waals surface area contributed by atoms with Gasteiger partial charge in [0.2, 0.25) is 5.91 Å². The molecule has 0 N–H and O–H groups in total. The first kappa shape index (κ1) is 15.6. The second-order valence-electron chi connectivity index (χ2n) is 5.47. The van der Waals surface area contributed by atoms with Gasteiger partial charge in [-0.25, -0.2) is 0 Å². The van der Waals surface area contributed by atoms with Crippen molar-refractivity contribution in [3.05, 3.63) is 16.4 Å². The molecule has 22 heavy (non-hydrogen) atoms. The summed E-state index contributed by atoms with van der Waals surface area (Å²) in [6, 6.07) is 0. The van der Waals surface area contributed by atoms with Gasteiger partial charge in [-0.3, -0.25) is 9.48 Å². The van der Waals surface area contributed by atoms with E-state index in [1.807, 2.05) is 0 Å². The quantitative estimate of drug-likeness (QED) is 0.850. The van der Waals surface area contributed by atoms with Gasteiger partial charge in [-0.1, -0.05) is 11.6 Å². The van der Waals surface area contributed by atoms with Crippen LogP contribution in [0.25, 0.3) is 0 Å². The zero-order valence-corrected chi connectivity index (χ0v) is 12.5. The Bertz CT molecular complexity index is 578. The largest absolute Gasteiger partial charge is 0.436 e. The molecule has 0 radical (unpaired) electrons. The van der Waals surface area contributed by atoms with Gasteiger partial charge in [0, 0.05) is 19.0 Å². The van der Waals surface area contributed by atoms with E-state index in [9.17, 15) is 18.0 Å². The number of hydrogen-bond donors (Lipinski definition) is 0. The standard InChI is InChI=1S/C13H15ClF3N3O2/c14-10-11(8-1-2-8)20(18-12(10)13(15,16)17)7-9(21)19-3-5-22-6-4-19/h8H,1-7H2. The Balaban J connectivity index is 1.84. The van der Waals surface area contributed by atoms with Crippen molar-refractivity contribution >= 4 is 17.5 Å². The SMILES string of the molecule is O=C(Cn1nc(C(F)(F)F)c(Cl)c1C1CC1)N1CCOCC1. The van der Waals surface area contributed by atoms with E-state index in [0.29, 0.717) is 32.0 Å². The highest BCUT2D eigenvalue weighted by Gasteiger charge is 2.42. The van der Waals surface area contributed by atoms with Gasteiger partial charge in [-0.15, -0.1) is 0 Å². The highest BCUT2D eigenvalue weighted by atomic mass is 35.5. The molecule has 5 nitrogen and oxygen atoms in total. The minimum absolute atomic E-state index is 0.0337. The van der Waals surface area contributed by atoms with Gasteiger partial charge in [0.05, 0.1) is 23.9 Å². The summed E-state index contributed by atoms with van der Waals surface area (Å²) in [4.78, 5) is 13.8. The molecule has 0 aromatic carbocycles. The van der Waals surface area contributed by atoms with Crippen molar-refractivity contribution in [2.24, 2.45) is 0 Å². The van der Waals surface area contributed by atoms with E-state index >= 15 is 0 Å². The molecule has 1 aliphatic carbocycles. The summed E-state index contributed by atoms with van der Waals surface area (Å²) in [5, 5.41) is 3.19. The molecule has 9 heteroatoms. The highest BCUT2D eigenvalue weighted by molar-refractivity contribution is 6.32. The number of ether oxygens (including phenoxy) is 1. The molecule has 1 saturated heterocycles. The predicted molar refractivity (Wildman–Crippen MR) is 71.6 cm³/mol. The Kier molecular flexibility index (Phi) is 4.07. The zero-order valence-electron chi connectivity index (χ0n) is 11.7. The molecule has 0 spiro atoms. The molecular weight excluding hydrogens is 323 g/mol. The summed E-state index contributed by atoms with van der Waals surface area (Å²) >= 11 is 5.87. The molecule has 1 saturated carbocycles.